The Labute approximate surface area is 167 Å². The van der Waals surface area contributed by atoms with Crippen LogP contribution in [0.4, 0.5) is 0 Å². The number of rotatable bonds is 5. The van der Waals surface area contributed by atoms with E-state index in [4.69, 9.17) is 33.7 Å². The van der Waals surface area contributed by atoms with Crippen LogP contribution >= 0.6 is 23.2 Å². The van der Waals surface area contributed by atoms with Gasteiger partial charge < -0.3 is 10.5 Å². The molecule has 0 aliphatic heterocycles. The zero-order valence-electron chi connectivity index (χ0n) is 14.9. The highest BCUT2D eigenvalue weighted by atomic mass is 35.5. The van der Waals surface area contributed by atoms with Crippen molar-refractivity contribution in [3.05, 3.63) is 92.7 Å². The van der Waals surface area contributed by atoms with E-state index in [-0.39, 0.29) is 0 Å². The number of hydrogen-bond acceptors (Lipinski definition) is 3. The van der Waals surface area contributed by atoms with E-state index < -0.39 is 12.0 Å². The lowest BCUT2D eigenvalue weighted by atomic mass is 9.96. The van der Waals surface area contributed by atoms with Gasteiger partial charge in [0.15, 0.2) is 6.10 Å². The number of halogens is 2. The topological polar surface area (TPSA) is 65.2 Å². The fourth-order valence-electron chi connectivity index (χ4n) is 2.92. The van der Waals surface area contributed by atoms with Crippen molar-refractivity contribution in [1.82, 2.24) is 4.98 Å². The minimum Gasteiger partial charge on any atom is -0.478 e. The molecule has 0 saturated heterocycles. The van der Waals surface area contributed by atoms with Crippen molar-refractivity contribution in [1.29, 1.82) is 0 Å². The minimum absolute atomic E-state index is 0.292. The molecule has 3 rings (SSSR count). The smallest absolute Gasteiger partial charge is 0.250 e. The monoisotopic (exact) mass is 400 g/mol. The molecule has 1 heterocycles. The molecule has 0 aliphatic carbocycles. The van der Waals surface area contributed by atoms with E-state index in [0.29, 0.717) is 27.1 Å². The number of amides is 1. The summed E-state index contributed by atoms with van der Waals surface area (Å²) in [6.45, 7) is 3.99. The van der Waals surface area contributed by atoms with Crippen LogP contribution in [-0.2, 0) is 0 Å². The number of nitrogens with zero attached hydrogens (tertiary/aromatic N) is 1. The van der Waals surface area contributed by atoms with Gasteiger partial charge in [0.2, 0.25) is 0 Å². The second-order valence-electron chi connectivity index (χ2n) is 6.23. The molecule has 2 aromatic carbocycles. The molecule has 0 aliphatic rings. The van der Waals surface area contributed by atoms with Crippen molar-refractivity contribution < 1.29 is 9.53 Å². The lowest BCUT2D eigenvalue weighted by molar-refractivity contribution is 0.0995. The highest BCUT2D eigenvalue weighted by Crippen LogP contribution is 2.36. The van der Waals surface area contributed by atoms with Gasteiger partial charge in [-0.3, -0.25) is 9.78 Å². The van der Waals surface area contributed by atoms with Crippen LogP contribution in [0.5, 0.6) is 5.75 Å². The summed E-state index contributed by atoms with van der Waals surface area (Å²) in [5.74, 6) is -0.177. The first-order valence-corrected chi connectivity index (χ1v) is 9.06. The molecule has 3 aromatic rings. The van der Waals surface area contributed by atoms with Crippen LogP contribution in [0.15, 0.2) is 54.7 Å². The van der Waals surface area contributed by atoms with E-state index in [9.17, 15) is 4.79 Å². The number of hydrogen-bond donors (Lipinski definition) is 1. The van der Waals surface area contributed by atoms with Crippen molar-refractivity contribution in [3.8, 4) is 5.75 Å². The number of carbonyl (C=O) groups is 1. The van der Waals surface area contributed by atoms with E-state index in [1.165, 1.54) is 0 Å². The molecule has 0 saturated carbocycles. The van der Waals surface area contributed by atoms with E-state index in [0.717, 1.165) is 16.7 Å². The molecule has 6 heteroatoms. The van der Waals surface area contributed by atoms with Gasteiger partial charge in [0, 0.05) is 22.8 Å². The van der Waals surface area contributed by atoms with Crippen LogP contribution in [0.25, 0.3) is 0 Å². The first-order chi connectivity index (χ1) is 12.9. The van der Waals surface area contributed by atoms with Crippen LogP contribution in [-0.4, -0.2) is 10.9 Å². The summed E-state index contributed by atoms with van der Waals surface area (Å²) in [5.41, 5.74) is 9.25. The first kappa shape index (κ1) is 19.2. The van der Waals surface area contributed by atoms with E-state index in [1.54, 1.807) is 36.5 Å². The number of nitrogens with two attached hydrogens (primary N) is 1. The molecule has 27 heavy (non-hydrogen) atoms. The summed E-state index contributed by atoms with van der Waals surface area (Å²) >= 11 is 12.4. The van der Waals surface area contributed by atoms with Gasteiger partial charge >= 0.3 is 0 Å². The van der Waals surface area contributed by atoms with Crippen LogP contribution in [0, 0.1) is 13.8 Å². The molecule has 0 radical (unpaired) electrons. The van der Waals surface area contributed by atoms with Crippen molar-refractivity contribution in [2.45, 2.75) is 20.0 Å². The maximum absolute atomic E-state index is 11.9. The molecule has 0 spiro atoms. The molecule has 1 amide bonds. The maximum atomic E-state index is 11.9. The molecule has 1 unspecified atom stereocenters. The number of ether oxygens (including phenoxy) is 1. The van der Waals surface area contributed by atoms with Crippen LogP contribution < -0.4 is 10.5 Å². The summed E-state index contributed by atoms with van der Waals surface area (Å²) < 4.78 is 6.22. The predicted molar refractivity (Wildman–Crippen MR) is 108 cm³/mol. The van der Waals surface area contributed by atoms with Crippen LogP contribution in [0.1, 0.15) is 38.8 Å². The third-order valence-corrected chi connectivity index (χ3v) is 4.75. The molecule has 0 fully saturated rings. The van der Waals surface area contributed by atoms with Crippen LogP contribution in [0.3, 0.4) is 0 Å². The average Bonchev–Trinajstić information content (AvgIpc) is 2.63. The highest BCUT2D eigenvalue weighted by Gasteiger charge is 2.25. The zero-order valence-corrected chi connectivity index (χ0v) is 16.4. The molecule has 1 aromatic heterocycles. The third-order valence-electron chi connectivity index (χ3n) is 4.20. The third kappa shape index (κ3) is 4.24. The van der Waals surface area contributed by atoms with Gasteiger partial charge in [-0.1, -0.05) is 47.0 Å². The quantitative estimate of drug-likeness (QED) is 0.633. The summed E-state index contributed by atoms with van der Waals surface area (Å²) in [4.78, 5) is 16.3. The standard InChI is InChI=1S/C21H18Cl2N2O2/c1-12-5-7-15(13(2)10-12)20(19-16(21(24)26)4-3-9-25-19)27-18-11-14(22)6-8-17(18)23/h3-11,20H,1-2H3,(H2,24,26). The van der Waals surface area contributed by atoms with Crippen molar-refractivity contribution in [2.75, 3.05) is 0 Å². The number of aryl methyl sites for hydroxylation is 2. The lowest BCUT2D eigenvalue weighted by Crippen LogP contribution is -2.20. The lowest BCUT2D eigenvalue weighted by Gasteiger charge is -2.23. The SMILES string of the molecule is Cc1ccc(C(Oc2cc(Cl)ccc2Cl)c2ncccc2C(N)=O)c(C)c1. The Morgan fingerprint density at radius 2 is 1.89 bits per heavy atom. The molecule has 1 atom stereocenters. The fourth-order valence-corrected chi connectivity index (χ4v) is 3.24. The van der Waals surface area contributed by atoms with Gasteiger partial charge in [-0.25, -0.2) is 0 Å². The van der Waals surface area contributed by atoms with Gasteiger partial charge in [0.05, 0.1) is 16.3 Å². The summed E-state index contributed by atoms with van der Waals surface area (Å²) in [7, 11) is 0. The Bertz CT molecular complexity index is 1010. The largest absolute Gasteiger partial charge is 0.478 e. The van der Waals surface area contributed by atoms with Crippen molar-refractivity contribution >= 4 is 29.1 Å². The average molecular weight is 401 g/mol. The Morgan fingerprint density at radius 3 is 2.59 bits per heavy atom. The Kier molecular flexibility index (Phi) is 5.68. The first-order valence-electron chi connectivity index (χ1n) is 8.30. The summed E-state index contributed by atoms with van der Waals surface area (Å²) in [5, 5.41) is 0.899. The molecule has 4 nitrogen and oxygen atoms in total. The zero-order chi connectivity index (χ0) is 19.6. The Balaban J connectivity index is 2.18. The van der Waals surface area contributed by atoms with Gasteiger partial charge in [0.1, 0.15) is 5.75 Å². The van der Waals surface area contributed by atoms with Gasteiger partial charge in [-0.05, 0) is 43.7 Å². The fraction of sp³-hybridized carbons (Fsp3) is 0.143. The number of pyridine rings is 1. The minimum atomic E-state index is -0.676. The van der Waals surface area contributed by atoms with E-state index in [2.05, 4.69) is 4.98 Å². The van der Waals surface area contributed by atoms with Gasteiger partial charge in [-0.2, -0.15) is 0 Å². The maximum Gasteiger partial charge on any atom is 0.250 e. The number of benzene rings is 2. The number of carbonyl (C=O) groups excluding carboxylic acids is 1. The molecular weight excluding hydrogens is 383 g/mol. The second kappa shape index (κ2) is 7.99. The van der Waals surface area contributed by atoms with Gasteiger partial charge in [0.25, 0.3) is 5.91 Å². The summed E-state index contributed by atoms with van der Waals surface area (Å²) in [6.07, 6.45) is 0.923. The van der Waals surface area contributed by atoms with E-state index in [1.807, 2.05) is 32.0 Å². The van der Waals surface area contributed by atoms with Crippen LogP contribution in [0.2, 0.25) is 10.0 Å². The molecular formula is C21H18Cl2N2O2. The second-order valence-corrected chi connectivity index (χ2v) is 7.08. The summed E-state index contributed by atoms with van der Waals surface area (Å²) in [6, 6.07) is 14.2. The van der Waals surface area contributed by atoms with Crippen molar-refractivity contribution in [3.63, 3.8) is 0 Å². The van der Waals surface area contributed by atoms with E-state index >= 15 is 0 Å². The Hall–Kier alpha value is -2.56. The molecule has 2 N–H and O–H groups in total. The predicted octanol–water partition coefficient (Wildman–Crippen LogP) is 5.27. The number of aromatic nitrogens is 1. The highest BCUT2D eigenvalue weighted by molar-refractivity contribution is 6.34. The Morgan fingerprint density at radius 1 is 1.11 bits per heavy atom. The van der Waals surface area contributed by atoms with Crippen molar-refractivity contribution in [2.24, 2.45) is 5.73 Å². The van der Waals surface area contributed by atoms with Gasteiger partial charge in [-0.15, -0.1) is 0 Å². The number of primary amides is 1. The molecule has 0 bridgehead atoms. The molecule has 138 valence electrons. The normalized spacial score (nSPS) is 11.9.